The van der Waals surface area contributed by atoms with Gasteiger partial charge in [-0.3, -0.25) is 0 Å². The van der Waals surface area contributed by atoms with Gasteiger partial charge >= 0.3 is 5.97 Å². The topological polar surface area (TPSA) is 61.1 Å². The van der Waals surface area contributed by atoms with Gasteiger partial charge in [0.05, 0.1) is 0 Å². The van der Waals surface area contributed by atoms with E-state index in [1.165, 1.54) is 6.08 Å². The minimum Gasteiger partial charge on any atom is -0.477 e. The van der Waals surface area contributed by atoms with E-state index in [-0.39, 0.29) is 5.57 Å². The van der Waals surface area contributed by atoms with Crippen molar-refractivity contribution in [3.05, 3.63) is 40.5 Å². The Bertz CT molecular complexity index is 467. The van der Waals surface area contributed by atoms with Gasteiger partial charge in [-0.05, 0) is 31.1 Å². The Morgan fingerprint density at radius 3 is 2.67 bits per heavy atom. The fraction of sp³-hybridized carbons (Fsp3) is 0.167. The molecule has 0 radical (unpaired) electrons. The molecule has 0 atom stereocenters. The Morgan fingerprint density at radius 2 is 2.13 bits per heavy atom. The first-order valence-electron chi connectivity index (χ1n) is 4.47. The minimum absolute atomic E-state index is 0.247. The molecule has 0 aliphatic rings. The highest BCUT2D eigenvalue weighted by Gasteiger charge is 2.06. The molecule has 1 aromatic carbocycles. The third-order valence-electron chi connectivity index (χ3n) is 2.09. The molecule has 0 unspecified atom stereocenters. The summed E-state index contributed by atoms with van der Waals surface area (Å²) in [6.07, 6.45) is 1.39. The number of hydrogen-bond donors (Lipinski definition) is 1. The summed E-state index contributed by atoms with van der Waals surface area (Å²) in [7, 11) is 0. The van der Waals surface area contributed by atoms with E-state index in [1.54, 1.807) is 6.07 Å². The monoisotopic (exact) mass is 201 g/mol. The molecule has 1 N–H and O–H groups in total. The van der Waals surface area contributed by atoms with Gasteiger partial charge in [0.1, 0.15) is 11.6 Å². The predicted octanol–water partition coefficient (Wildman–Crippen LogP) is 2.30. The summed E-state index contributed by atoms with van der Waals surface area (Å²) in [5.41, 5.74) is 2.52. The van der Waals surface area contributed by atoms with Gasteiger partial charge in [-0.1, -0.05) is 23.8 Å². The maximum atomic E-state index is 10.6. The Labute approximate surface area is 88.3 Å². The number of rotatable bonds is 2. The molecule has 0 aliphatic carbocycles. The number of carbonyl (C=O) groups is 1. The average Bonchev–Trinajstić information content (AvgIpc) is 2.18. The molecule has 0 spiro atoms. The summed E-state index contributed by atoms with van der Waals surface area (Å²) >= 11 is 0. The van der Waals surface area contributed by atoms with E-state index in [4.69, 9.17) is 10.4 Å². The van der Waals surface area contributed by atoms with E-state index in [9.17, 15) is 4.79 Å². The lowest BCUT2D eigenvalue weighted by Crippen LogP contribution is -1.98. The maximum Gasteiger partial charge on any atom is 0.346 e. The average molecular weight is 201 g/mol. The van der Waals surface area contributed by atoms with Crippen molar-refractivity contribution >= 4 is 12.0 Å². The molecular formula is C12H11NO2. The van der Waals surface area contributed by atoms with Gasteiger partial charge in [-0.15, -0.1) is 0 Å². The zero-order chi connectivity index (χ0) is 11.4. The number of nitrogens with zero attached hydrogens (tertiary/aromatic N) is 1. The second kappa shape index (κ2) is 4.43. The number of aliphatic carboxylic acids is 1. The van der Waals surface area contributed by atoms with Crippen molar-refractivity contribution in [2.45, 2.75) is 13.8 Å². The lowest BCUT2D eigenvalue weighted by molar-refractivity contribution is -0.132. The summed E-state index contributed by atoms with van der Waals surface area (Å²) < 4.78 is 0. The molecule has 0 saturated heterocycles. The molecule has 0 amide bonds. The molecular weight excluding hydrogens is 190 g/mol. The van der Waals surface area contributed by atoms with E-state index in [2.05, 4.69) is 0 Å². The Hall–Kier alpha value is -2.08. The van der Waals surface area contributed by atoms with Crippen LogP contribution in [0.4, 0.5) is 0 Å². The largest absolute Gasteiger partial charge is 0.477 e. The molecule has 0 aromatic heterocycles. The van der Waals surface area contributed by atoms with Crippen molar-refractivity contribution in [2.75, 3.05) is 0 Å². The molecule has 0 fully saturated rings. The molecule has 1 rings (SSSR count). The quantitative estimate of drug-likeness (QED) is 0.590. The van der Waals surface area contributed by atoms with Crippen LogP contribution in [0.5, 0.6) is 0 Å². The van der Waals surface area contributed by atoms with Gasteiger partial charge in [0.15, 0.2) is 0 Å². The SMILES string of the molecule is Cc1ccc(C)c(/C=C(\C#N)C(=O)O)c1. The van der Waals surface area contributed by atoms with Crippen LogP contribution in [0.15, 0.2) is 23.8 Å². The lowest BCUT2D eigenvalue weighted by Gasteiger charge is -2.01. The zero-order valence-corrected chi connectivity index (χ0v) is 8.61. The van der Waals surface area contributed by atoms with Crippen LogP contribution in [0, 0.1) is 25.2 Å². The lowest BCUT2D eigenvalue weighted by atomic mass is 10.0. The van der Waals surface area contributed by atoms with Gasteiger partial charge < -0.3 is 5.11 Å². The van der Waals surface area contributed by atoms with Gasteiger partial charge in [-0.2, -0.15) is 5.26 Å². The van der Waals surface area contributed by atoms with Crippen molar-refractivity contribution in [3.8, 4) is 6.07 Å². The van der Waals surface area contributed by atoms with Crippen LogP contribution >= 0.6 is 0 Å². The van der Waals surface area contributed by atoms with E-state index in [0.717, 1.165) is 16.7 Å². The van der Waals surface area contributed by atoms with Crippen LogP contribution in [-0.4, -0.2) is 11.1 Å². The number of hydrogen-bond acceptors (Lipinski definition) is 2. The van der Waals surface area contributed by atoms with Gasteiger partial charge in [-0.25, -0.2) is 4.79 Å². The second-order valence-corrected chi connectivity index (χ2v) is 3.34. The Balaban J connectivity index is 3.23. The van der Waals surface area contributed by atoms with Gasteiger partial charge in [0.2, 0.25) is 0 Å². The van der Waals surface area contributed by atoms with Crippen molar-refractivity contribution in [3.63, 3.8) is 0 Å². The fourth-order valence-electron chi connectivity index (χ4n) is 1.21. The summed E-state index contributed by atoms with van der Waals surface area (Å²) in [5, 5.41) is 17.3. The summed E-state index contributed by atoms with van der Waals surface area (Å²) in [6, 6.07) is 7.36. The van der Waals surface area contributed by atoms with Crippen LogP contribution in [0.1, 0.15) is 16.7 Å². The van der Waals surface area contributed by atoms with E-state index >= 15 is 0 Å². The highest BCUT2D eigenvalue weighted by molar-refractivity contribution is 5.96. The normalized spacial score (nSPS) is 10.9. The van der Waals surface area contributed by atoms with Crippen LogP contribution in [0.3, 0.4) is 0 Å². The van der Waals surface area contributed by atoms with Gasteiger partial charge in [0.25, 0.3) is 0 Å². The fourth-order valence-corrected chi connectivity index (χ4v) is 1.21. The van der Waals surface area contributed by atoms with Crippen molar-refractivity contribution in [1.82, 2.24) is 0 Å². The molecule has 0 heterocycles. The molecule has 3 heteroatoms. The molecule has 76 valence electrons. The first-order valence-corrected chi connectivity index (χ1v) is 4.47. The first kappa shape index (κ1) is 11.0. The number of carboxylic acids is 1. The maximum absolute atomic E-state index is 10.6. The summed E-state index contributed by atoms with van der Waals surface area (Å²) in [4.78, 5) is 10.6. The predicted molar refractivity (Wildman–Crippen MR) is 57.1 cm³/mol. The highest BCUT2D eigenvalue weighted by atomic mass is 16.4. The Kier molecular flexibility index (Phi) is 3.25. The molecule has 1 aromatic rings. The molecule has 0 aliphatic heterocycles. The molecule has 0 bridgehead atoms. The van der Waals surface area contributed by atoms with Crippen LogP contribution in [-0.2, 0) is 4.79 Å². The molecule has 15 heavy (non-hydrogen) atoms. The smallest absolute Gasteiger partial charge is 0.346 e. The number of nitriles is 1. The highest BCUT2D eigenvalue weighted by Crippen LogP contribution is 2.14. The standard InChI is InChI=1S/C12H11NO2/c1-8-3-4-9(2)10(5-8)6-11(7-13)12(14)15/h3-6H,1-2H3,(H,14,15)/b11-6+. The minimum atomic E-state index is -1.20. The first-order chi connectivity index (χ1) is 7.04. The van der Waals surface area contributed by atoms with Crippen LogP contribution in [0.2, 0.25) is 0 Å². The second-order valence-electron chi connectivity index (χ2n) is 3.34. The summed E-state index contributed by atoms with van der Waals surface area (Å²) in [5.74, 6) is -1.20. The third-order valence-corrected chi connectivity index (χ3v) is 2.09. The number of benzene rings is 1. The summed E-state index contributed by atoms with van der Waals surface area (Å²) in [6.45, 7) is 3.80. The number of carboxylic acid groups (broad SMARTS) is 1. The van der Waals surface area contributed by atoms with Crippen molar-refractivity contribution in [2.24, 2.45) is 0 Å². The third kappa shape index (κ3) is 2.68. The van der Waals surface area contributed by atoms with Crippen molar-refractivity contribution < 1.29 is 9.90 Å². The van der Waals surface area contributed by atoms with Crippen molar-refractivity contribution in [1.29, 1.82) is 5.26 Å². The van der Waals surface area contributed by atoms with Crippen LogP contribution in [0.25, 0.3) is 6.08 Å². The Morgan fingerprint density at radius 1 is 1.47 bits per heavy atom. The van der Waals surface area contributed by atoms with E-state index in [1.807, 2.05) is 32.0 Å². The zero-order valence-electron chi connectivity index (χ0n) is 8.61. The van der Waals surface area contributed by atoms with E-state index < -0.39 is 5.97 Å². The van der Waals surface area contributed by atoms with Crippen LogP contribution < -0.4 is 0 Å². The molecule has 3 nitrogen and oxygen atoms in total. The van der Waals surface area contributed by atoms with Gasteiger partial charge in [0, 0.05) is 0 Å². The number of aryl methyl sites for hydroxylation is 2. The molecule has 0 saturated carbocycles. The van der Waals surface area contributed by atoms with E-state index in [0.29, 0.717) is 0 Å².